The first-order chi connectivity index (χ1) is 11.8. The van der Waals surface area contributed by atoms with Crippen LogP contribution in [0.1, 0.15) is 18.4 Å². The Kier molecular flexibility index (Phi) is 5.72. The molecule has 4 nitrogen and oxygen atoms in total. The van der Waals surface area contributed by atoms with Crippen molar-refractivity contribution in [3.8, 4) is 17.2 Å². The first kappa shape index (κ1) is 16.8. The summed E-state index contributed by atoms with van der Waals surface area (Å²) in [6.07, 6.45) is 2.43. The van der Waals surface area contributed by atoms with Gasteiger partial charge in [0.25, 0.3) is 0 Å². The highest BCUT2D eigenvalue weighted by Crippen LogP contribution is 2.31. The fourth-order valence-corrected chi connectivity index (χ4v) is 3.18. The summed E-state index contributed by atoms with van der Waals surface area (Å²) in [6.45, 7) is 3.26. The SMILES string of the molecule is CNC1CCN(Cc2cccc(Oc3ccccc3OC)c2)CC1. The predicted molar refractivity (Wildman–Crippen MR) is 96.9 cm³/mol. The van der Waals surface area contributed by atoms with Gasteiger partial charge >= 0.3 is 0 Å². The van der Waals surface area contributed by atoms with Crippen LogP contribution in [0.25, 0.3) is 0 Å². The van der Waals surface area contributed by atoms with E-state index in [9.17, 15) is 0 Å². The molecular weight excluding hydrogens is 300 g/mol. The standard InChI is InChI=1S/C20H26N2O2/c1-21-17-10-12-22(13-11-17)15-16-6-5-7-18(14-16)24-20-9-4-3-8-19(20)23-2/h3-9,14,17,21H,10-13,15H2,1-2H3. The minimum atomic E-state index is 0.668. The molecule has 0 amide bonds. The number of nitrogens with zero attached hydrogens (tertiary/aromatic N) is 1. The normalized spacial score (nSPS) is 16.1. The highest BCUT2D eigenvalue weighted by atomic mass is 16.5. The van der Waals surface area contributed by atoms with E-state index in [0.29, 0.717) is 6.04 Å². The zero-order chi connectivity index (χ0) is 16.8. The van der Waals surface area contributed by atoms with Crippen molar-refractivity contribution < 1.29 is 9.47 Å². The van der Waals surface area contributed by atoms with Crippen LogP contribution in [-0.4, -0.2) is 38.2 Å². The van der Waals surface area contributed by atoms with Gasteiger partial charge in [-0.3, -0.25) is 4.90 Å². The zero-order valence-corrected chi connectivity index (χ0v) is 14.5. The van der Waals surface area contributed by atoms with E-state index in [4.69, 9.17) is 9.47 Å². The average Bonchev–Trinajstić information content (AvgIpc) is 2.63. The Morgan fingerprint density at radius 2 is 1.79 bits per heavy atom. The van der Waals surface area contributed by atoms with Gasteiger partial charge in [0.15, 0.2) is 11.5 Å². The maximum Gasteiger partial charge on any atom is 0.169 e. The monoisotopic (exact) mass is 326 g/mol. The number of rotatable bonds is 6. The van der Waals surface area contributed by atoms with Gasteiger partial charge in [0.2, 0.25) is 0 Å². The molecule has 1 aliphatic heterocycles. The van der Waals surface area contributed by atoms with E-state index in [0.717, 1.165) is 36.9 Å². The number of ether oxygens (including phenoxy) is 2. The third kappa shape index (κ3) is 4.28. The number of hydrogen-bond acceptors (Lipinski definition) is 4. The first-order valence-electron chi connectivity index (χ1n) is 8.58. The molecular formula is C20H26N2O2. The molecule has 0 bridgehead atoms. The van der Waals surface area contributed by atoms with Gasteiger partial charge in [-0.1, -0.05) is 24.3 Å². The van der Waals surface area contributed by atoms with Crippen molar-refractivity contribution in [3.05, 3.63) is 54.1 Å². The second-order valence-electron chi connectivity index (χ2n) is 6.24. The summed E-state index contributed by atoms with van der Waals surface area (Å²) in [5.41, 5.74) is 1.28. The Labute approximate surface area is 144 Å². The van der Waals surface area contributed by atoms with Crippen LogP contribution < -0.4 is 14.8 Å². The molecule has 0 aliphatic carbocycles. The highest BCUT2D eigenvalue weighted by molar-refractivity contribution is 5.43. The lowest BCUT2D eigenvalue weighted by atomic mass is 10.0. The molecule has 2 aromatic carbocycles. The molecule has 1 fully saturated rings. The molecule has 0 aromatic heterocycles. The maximum atomic E-state index is 6.01. The molecule has 0 unspecified atom stereocenters. The van der Waals surface area contributed by atoms with Gasteiger partial charge < -0.3 is 14.8 Å². The Bertz CT molecular complexity index is 652. The Morgan fingerprint density at radius 1 is 1.04 bits per heavy atom. The molecule has 0 saturated carbocycles. The molecule has 4 heteroatoms. The first-order valence-corrected chi connectivity index (χ1v) is 8.58. The second-order valence-corrected chi connectivity index (χ2v) is 6.24. The smallest absolute Gasteiger partial charge is 0.169 e. The van der Waals surface area contributed by atoms with Crippen molar-refractivity contribution in [3.63, 3.8) is 0 Å². The molecule has 2 aromatic rings. The lowest BCUT2D eigenvalue weighted by Gasteiger charge is -2.31. The van der Waals surface area contributed by atoms with Gasteiger partial charge in [-0.05, 0) is 62.8 Å². The van der Waals surface area contributed by atoms with Crippen molar-refractivity contribution in [1.29, 1.82) is 0 Å². The molecule has 1 aliphatic rings. The maximum absolute atomic E-state index is 6.01. The van der Waals surface area contributed by atoms with Crippen LogP contribution in [0.5, 0.6) is 17.2 Å². The van der Waals surface area contributed by atoms with E-state index in [1.54, 1.807) is 7.11 Å². The molecule has 1 N–H and O–H groups in total. The summed E-state index contributed by atoms with van der Waals surface area (Å²) in [7, 11) is 3.71. The van der Waals surface area contributed by atoms with Crippen LogP contribution in [0.3, 0.4) is 0 Å². The van der Waals surface area contributed by atoms with Crippen LogP contribution in [-0.2, 0) is 6.54 Å². The number of nitrogens with one attached hydrogen (secondary N) is 1. The van der Waals surface area contributed by atoms with E-state index in [2.05, 4.69) is 35.5 Å². The second kappa shape index (κ2) is 8.18. The van der Waals surface area contributed by atoms with Crippen molar-refractivity contribution >= 4 is 0 Å². The predicted octanol–water partition coefficient (Wildman–Crippen LogP) is 3.67. The lowest BCUT2D eigenvalue weighted by Crippen LogP contribution is -2.40. The van der Waals surface area contributed by atoms with Crippen molar-refractivity contribution in [1.82, 2.24) is 10.2 Å². The summed E-state index contributed by atoms with van der Waals surface area (Å²) < 4.78 is 11.4. The van der Waals surface area contributed by atoms with E-state index < -0.39 is 0 Å². The molecule has 1 heterocycles. The third-order valence-corrected chi connectivity index (χ3v) is 4.60. The van der Waals surface area contributed by atoms with Crippen LogP contribution >= 0.6 is 0 Å². The van der Waals surface area contributed by atoms with Crippen LogP contribution in [0.2, 0.25) is 0 Å². The van der Waals surface area contributed by atoms with Crippen LogP contribution in [0.4, 0.5) is 0 Å². The van der Waals surface area contributed by atoms with E-state index in [1.165, 1.54) is 18.4 Å². The minimum absolute atomic E-state index is 0.668. The Hall–Kier alpha value is -2.04. The fourth-order valence-electron chi connectivity index (χ4n) is 3.18. The molecule has 0 atom stereocenters. The quantitative estimate of drug-likeness (QED) is 0.878. The van der Waals surface area contributed by atoms with Gasteiger partial charge in [0, 0.05) is 12.6 Å². The van der Waals surface area contributed by atoms with Gasteiger partial charge in [-0.15, -0.1) is 0 Å². The summed E-state index contributed by atoms with van der Waals surface area (Å²) in [6, 6.07) is 16.7. The Balaban J connectivity index is 1.64. The van der Waals surface area contributed by atoms with Crippen molar-refractivity contribution in [2.24, 2.45) is 0 Å². The van der Waals surface area contributed by atoms with Crippen LogP contribution in [0, 0.1) is 0 Å². The highest BCUT2D eigenvalue weighted by Gasteiger charge is 2.17. The van der Waals surface area contributed by atoms with E-state index in [1.807, 2.05) is 30.3 Å². The van der Waals surface area contributed by atoms with E-state index >= 15 is 0 Å². The summed E-state index contributed by atoms with van der Waals surface area (Å²) in [5, 5.41) is 3.38. The number of para-hydroxylation sites is 2. The topological polar surface area (TPSA) is 33.7 Å². The molecule has 128 valence electrons. The largest absolute Gasteiger partial charge is 0.493 e. The fraction of sp³-hybridized carbons (Fsp3) is 0.400. The molecule has 1 saturated heterocycles. The molecule has 24 heavy (non-hydrogen) atoms. The molecule has 3 rings (SSSR count). The lowest BCUT2D eigenvalue weighted by molar-refractivity contribution is 0.194. The number of piperidine rings is 1. The van der Waals surface area contributed by atoms with Gasteiger partial charge in [0.05, 0.1) is 7.11 Å². The third-order valence-electron chi connectivity index (χ3n) is 4.60. The van der Waals surface area contributed by atoms with E-state index in [-0.39, 0.29) is 0 Å². The van der Waals surface area contributed by atoms with Gasteiger partial charge in [0.1, 0.15) is 5.75 Å². The van der Waals surface area contributed by atoms with Crippen LogP contribution in [0.15, 0.2) is 48.5 Å². The van der Waals surface area contributed by atoms with Crippen molar-refractivity contribution in [2.75, 3.05) is 27.2 Å². The van der Waals surface area contributed by atoms with Gasteiger partial charge in [-0.2, -0.15) is 0 Å². The zero-order valence-electron chi connectivity index (χ0n) is 14.5. The number of methoxy groups -OCH3 is 1. The number of benzene rings is 2. The van der Waals surface area contributed by atoms with Crippen molar-refractivity contribution in [2.45, 2.75) is 25.4 Å². The summed E-state index contributed by atoms with van der Waals surface area (Å²) in [4.78, 5) is 2.51. The molecule has 0 radical (unpaired) electrons. The minimum Gasteiger partial charge on any atom is -0.493 e. The Morgan fingerprint density at radius 3 is 2.50 bits per heavy atom. The summed E-state index contributed by atoms with van der Waals surface area (Å²) in [5.74, 6) is 2.34. The van der Waals surface area contributed by atoms with Gasteiger partial charge in [-0.25, -0.2) is 0 Å². The number of hydrogen-bond donors (Lipinski definition) is 1. The average molecular weight is 326 g/mol. The summed E-state index contributed by atoms with van der Waals surface area (Å²) >= 11 is 0. The number of likely N-dealkylation sites (tertiary alicyclic amines) is 1. The molecule has 0 spiro atoms.